The molecule has 0 radical (unpaired) electrons. The van der Waals surface area contributed by atoms with Crippen LogP contribution in [0.3, 0.4) is 0 Å². The van der Waals surface area contributed by atoms with Crippen LogP contribution in [0.4, 0.5) is 10.5 Å². The van der Waals surface area contributed by atoms with Gasteiger partial charge in [0.1, 0.15) is 18.1 Å². The summed E-state index contributed by atoms with van der Waals surface area (Å²) in [5, 5.41) is 14.8. The Balaban J connectivity index is 1.53. The number of halogens is 1. The van der Waals surface area contributed by atoms with Crippen LogP contribution in [-0.4, -0.2) is 53.7 Å². The van der Waals surface area contributed by atoms with Gasteiger partial charge in [0.05, 0.1) is 6.04 Å². The van der Waals surface area contributed by atoms with Crippen LogP contribution in [0, 0.1) is 17.3 Å². The Morgan fingerprint density at radius 1 is 0.623 bits per heavy atom. The third-order valence-corrected chi connectivity index (χ3v) is 9.73. The molecule has 11 heteroatoms. The highest BCUT2D eigenvalue weighted by Crippen LogP contribution is 2.47. The molecule has 1 aliphatic carbocycles. The van der Waals surface area contributed by atoms with E-state index in [4.69, 9.17) is 11.6 Å². The van der Waals surface area contributed by atoms with Gasteiger partial charge in [-0.05, 0) is 85.8 Å². The first-order valence-electron chi connectivity index (χ1n) is 18.6. The van der Waals surface area contributed by atoms with Crippen molar-refractivity contribution in [2.24, 2.45) is 17.3 Å². The van der Waals surface area contributed by atoms with Crippen molar-refractivity contribution in [3.05, 3.63) is 101 Å². The molecule has 0 heterocycles. The summed E-state index contributed by atoms with van der Waals surface area (Å²) in [7, 11) is 0. The zero-order chi connectivity index (χ0) is 38.5. The first-order chi connectivity index (χ1) is 25.2. The van der Waals surface area contributed by atoms with Gasteiger partial charge in [0.25, 0.3) is 0 Å². The van der Waals surface area contributed by atoms with E-state index in [0.29, 0.717) is 23.6 Å². The van der Waals surface area contributed by atoms with Gasteiger partial charge in [-0.2, -0.15) is 0 Å². The Morgan fingerprint density at radius 2 is 1.11 bits per heavy atom. The maximum Gasteiger partial charge on any atom is 0.319 e. The molecule has 0 unspecified atom stereocenters. The second-order valence-corrected chi connectivity index (χ2v) is 15.7. The average molecular weight is 744 g/mol. The first kappa shape index (κ1) is 41.1. The molecular weight excluding hydrogens is 690 g/mol. The SMILES string of the molecule is CC(C)C[C@H](NC(=O)[C@H](CCc1ccccc1)NC(=O)Nc1ccc(Cl)cc1)C(=O)N[C@@H](Cc1ccccc1)C(=O)N[C@@H](CC(C)C)C(=O)C1(C)CC1. The number of carbonyl (C=O) groups is 5. The molecule has 10 nitrogen and oxygen atoms in total. The van der Waals surface area contributed by atoms with Crippen LogP contribution in [0.15, 0.2) is 84.9 Å². The van der Waals surface area contributed by atoms with E-state index in [1.165, 1.54) is 0 Å². The fourth-order valence-electron chi connectivity index (χ4n) is 6.22. The number of Topliss-reactive ketones (excluding diaryl/α,β-unsaturated/α-hetero) is 1. The molecule has 1 fully saturated rings. The van der Waals surface area contributed by atoms with E-state index in [-0.39, 0.29) is 36.9 Å². The normalized spacial score (nSPS) is 15.4. The van der Waals surface area contributed by atoms with E-state index in [2.05, 4.69) is 26.6 Å². The quantitative estimate of drug-likeness (QED) is 0.0938. The lowest BCUT2D eigenvalue weighted by Gasteiger charge is -2.28. The van der Waals surface area contributed by atoms with Crippen LogP contribution < -0.4 is 26.6 Å². The molecule has 0 spiro atoms. The molecule has 0 saturated heterocycles. The second-order valence-electron chi connectivity index (χ2n) is 15.2. The lowest BCUT2D eigenvalue weighted by molar-refractivity contribution is -0.134. The lowest BCUT2D eigenvalue weighted by atomic mass is 9.91. The van der Waals surface area contributed by atoms with Crippen LogP contribution in [0.5, 0.6) is 0 Å². The van der Waals surface area contributed by atoms with E-state index in [1.807, 2.05) is 95.3 Å². The van der Waals surface area contributed by atoms with E-state index in [1.54, 1.807) is 24.3 Å². The summed E-state index contributed by atoms with van der Waals surface area (Å²) in [5.41, 5.74) is 1.88. The average Bonchev–Trinajstić information content (AvgIpc) is 3.88. The molecule has 4 rings (SSSR count). The van der Waals surface area contributed by atoms with Crippen LogP contribution in [0.25, 0.3) is 0 Å². The maximum absolute atomic E-state index is 14.1. The minimum atomic E-state index is -1.01. The van der Waals surface area contributed by atoms with Crippen LogP contribution in [-0.2, 0) is 32.0 Å². The highest BCUT2D eigenvalue weighted by molar-refractivity contribution is 6.30. The molecule has 5 N–H and O–H groups in total. The van der Waals surface area contributed by atoms with Crippen molar-refractivity contribution >= 4 is 46.8 Å². The minimum absolute atomic E-state index is 0.00344. The van der Waals surface area contributed by atoms with Gasteiger partial charge in [0.15, 0.2) is 5.78 Å². The zero-order valence-corrected chi connectivity index (χ0v) is 32.2. The molecule has 5 amide bonds. The predicted octanol–water partition coefficient (Wildman–Crippen LogP) is 6.62. The molecule has 0 aromatic heterocycles. The summed E-state index contributed by atoms with van der Waals surface area (Å²) in [5.74, 6) is -1.33. The van der Waals surface area contributed by atoms with Crippen molar-refractivity contribution in [1.29, 1.82) is 0 Å². The molecule has 3 aromatic rings. The number of ketones is 1. The summed E-state index contributed by atoms with van der Waals surface area (Å²) in [6.07, 6.45) is 3.31. The van der Waals surface area contributed by atoms with Gasteiger partial charge < -0.3 is 26.6 Å². The van der Waals surface area contributed by atoms with Gasteiger partial charge in [-0.15, -0.1) is 0 Å². The lowest BCUT2D eigenvalue weighted by Crippen LogP contribution is -2.59. The van der Waals surface area contributed by atoms with Gasteiger partial charge in [-0.3, -0.25) is 19.2 Å². The van der Waals surface area contributed by atoms with Crippen LogP contribution in [0.2, 0.25) is 5.02 Å². The number of benzene rings is 3. The van der Waals surface area contributed by atoms with Crippen LogP contribution >= 0.6 is 11.6 Å². The molecule has 0 bridgehead atoms. The van der Waals surface area contributed by atoms with Gasteiger partial charge in [-0.25, -0.2) is 4.79 Å². The predicted molar refractivity (Wildman–Crippen MR) is 209 cm³/mol. The van der Waals surface area contributed by atoms with Crippen molar-refractivity contribution < 1.29 is 24.0 Å². The Hall–Kier alpha value is -4.70. The summed E-state index contributed by atoms with van der Waals surface area (Å²) in [4.78, 5) is 68.6. The maximum atomic E-state index is 14.1. The molecule has 3 aromatic carbocycles. The number of hydrogen-bond acceptors (Lipinski definition) is 5. The number of hydrogen-bond donors (Lipinski definition) is 5. The zero-order valence-electron chi connectivity index (χ0n) is 31.4. The standard InChI is InChI=1S/C42H54ClN5O5/c1-27(2)24-34(37(49)42(5)22-23-42)45-40(52)36(26-30-14-10-7-11-15-30)47-39(51)35(25-28(3)4)46-38(50)33(21-16-29-12-8-6-9-13-29)48-41(53)44-32-19-17-31(43)18-20-32/h6-15,17-20,27-28,33-36H,16,21-26H2,1-5H3,(H,45,52)(H,46,50)(H,47,51)(H2,44,48,53)/t33-,34-,35-,36-/m0/s1. The third kappa shape index (κ3) is 13.3. The van der Waals surface area contributed by atoms with Crippen molar-refractivity contribution in [2.75, 3.05) is 5.32 Å². The van der Waals surface area contributed by atoms with Crippen molar-refractivity contribution in [2.45, 2.75) is 104 Å². The number of urea groups is 1. The number of carbonyl (C=O) groups excluding carboxylic acids is 5. The Morgan fingerprint density at radius 3 is 1.68 bits per heavy atom. The smallest absolute Gasteiger partial charge is 0.319 e. The van der Waals surface area contributed by atoms with Gasteiger partial charge in [-0.1, -0.05) is 107 Å². The molecule has 53 heavy (non-hydrogen) atoms. The van der Waals surface area contributed by atoms with Crippen molar-refractivity contribution in [1.82, 2.24) is 21.3 Å². The molecule has 0 aliphatic heterocycles. The monoisotopic (exact) mass is 743 g/mol. The summed E-state index contributed by atoms with van der Waals surface area (Å²) < 4.78 is 0. The highest BCUT2D eigenvalue weighted by atomic mass is 35.5. The fourth-order valence-corrected chi connectivity index (χ4v) is 6.35. The fraction of sp³-hybridized carbons (Fsp3) is 0.452. The molecule has 1 saturated carbocycles. The minimum Gasteiger partial charge on any atom is -0.344 e. The van der Waals surface area contributed by atoms with Crippen LogP contribution in [0.1, 0.15) is 77.8 Å². The largest absolute Gasteiger partial charge is 0.344 e. The number of anilines is 1. The molecule has 4 atom stereocenters. The molecule has 1 aliphatic rings. The van der Waals surface area contributed by atoms with Gasteiger partial charge in [0, 0.05) is 22.5 Å². The summed E-state index contributed by atoms with van der Waals surface area (Å²) >= 11 is 5.99. The molecular formula is C42H54ClN5O5. The molecule has 284 valence electrons. The van der Waals surface area contributed by atoms with E-state index in [0.717, 1.165) is 24.0 Å². The number of nitrogens with one attached hydrogen (secondary N) is 5. The number of amides is 5. The Labute approximate surface area is 318 Å². The van der Waals surface area contributed by atoms with Gasteiger partial charge >= 0.3 is 6.03 Å². The Bertz CT molecular complexity index is 1680. The summed E-state index contributed by atoms with van der Waals surface area (Å²) in [6.45, 7) is 9.82. The number of aryl methyl sites for hydroxylation is 1. The number of rotatable bonds is 19. The topological polar surface area (TPSA) is 146 Å². The van der Waals surface area contributed by atoms with Crippen molar-refractivity contribution in [3.63, 3.8) is 0 Å². The highest BCUT2D eigenvalue weighted by Gasteiger charge is 2.48. The second kappa shape index (κ2) is 19.4. The van der Waals surface area contributed by atoms with Crippen molar-refractivity contribution in [3.8, 4) is 0 Å². The van der Waals surface area contributed by atoms with E-state index < -0.39 is 53.3 Å². The third-order valence-electron chi connectivity index (χ3n) is 9.48. The van der Waals surface area contributed by atoms with E-state index in [9.17, 15) is 24.0 Å². The first-order valence-corrected chi connectivity index (χ1v) is 19.0. The van der Waals surface area contributed by atoms with Gasteiger partial charge in [0.2, 0.25) is 17.7 Å². The summed E-state index contributed by atoms with van der Waals surface area (Å²) in [6, 6.07) is 21.3. The van der Waals surface area contributed by atoms with E-state index >= 15 is 0 Å². The Kier molecular flexibility index (Phi) is 15.0.